The molecule has 0 amide bonds. The summed E-state index contributed by atoms with van der Waals surface area (Å²) in [5.41, 5.74) is 4.20. The monoisotopic (exact) mass is 516 g/mol. The van der Waals surface area contributed by atoms with Gasteiger partial charge in [0.25, 0.3) is 0 Å². The van der Waals surface area contributed by atoms with Gasteiger partial charge in [-0.15, -0.1) is 0 Å². The number of aromatic nitrogens is 1. The Labute approximate surface area is 222 Å². The van der Waals surface area contributed by atoms with Crippen molar-refractivity contribution in [2.45, 2.75) is 74.5 Å². The molecule has 0 radical (unpaired) electrons. The van der Waals surface area contributed by atoms with Crippen LogP contribution in [0.4, 0.5) is 0 Å². The molecule has 3 heterocycles. The summed E-state index contributed by atoms with van der Waals surface area (Å²) in [6.07, 6.45) is 4.84. The summed E-state index contributed by atoms with van der Waals surface area (Å²) in [7, 11) is 3.35. The molecule has 1 spiro atoms. The van der Waals surface area contributed by atoms with Crippen molar-refractivity contribution in [3.8, 4) is 11.5 Å². The lowest BCUT2D eigenvalue weighted by molar-refractivity contribution is -0.173. The molecule has 5 aliphatic rings. The van der Waals surface area contributed by atoms with E-state index in [1.807, 2.05) is 0 Å². The van der Waals surface area contributed by atoms with Crippen LogP contribution in [-0.4, -0.2) is 64.9 Å². The van der Waals surface area contributed by atoms with E-state index in [4.69, 9.17) is 14.2 Å². The zero-order valence-electron chi connectivity index (χ0n) is 22.2. The summed E-state index contributed by atoms with van der Waals surface area (Å²) in [5, 5.41) is 25.3. The molecule has 38 heavy (non-hydrogen) atoms. The van der Waals surface area contributed by atoms with E-state index in [9.17, 15) is 10.2 Å². The first kappa shape index (κ1) is 23.3. The molecule has 2 aromatic carbocycles. The van der Waals surface area contributed by atoms with Gasteiger partial charge in [-0.25, -0.2) is 0 Å². The minimum absolute atomic E-state index is 0.0348. The minimum Gasteiger partial charge on any atom is -0.504 e. The van der Waals surface area contributed by atoms with Crippen molar-refractivity contribution >= 4 is 10.9 Å². The Morgan fingerprint density at radius 2 is 1.95 bits per heavy atom. The molecule has 3 aliphatic carbocycles. The zero-order valence-corrected chi connectivity index (χ0v) is 22.2. The Morgan fingerprint density at radius 1 is 1.13 bits per heavy atom. The van der Waals surface area contributed by atoms with Crippen LogP contribution in [0.2, 0.25) is 0 Å². The lowest BCUT2D eigenvalue weighted by atomic mass is 9.49. The number of likely N-dealkylation sites (tertiary alicyclic amines) is 1. The first-order chi connectivity index (χ1) is 18.5. The number of methoxy groups -OCH3 is 2. The van der Waals surface area contributed by atoms with Crippen LogP contribution in [0.25, 0.3) is 10.9 Å². The molecule has 8 rings (SSSR count). The molecule has 7 nitrogen and oxygen atoms in total. The lowest BCUT2D eigenvalue weighted by Gasteiger charge is -2.63. The molecule has 200 valence electrons. The molecule has 1 saturated carbocycles. The Hall–Kier alpha value is -2.58. The maximum absolute atomic E-state index is 13.1. The van der Waals surface area contributed by atoms with Gasteiger partial charge in [0.05, 0.1) is 16.7 Å². The quantitative estimate of drug-likeness (QED) is 0.462. The molecule has 1 saturated heterocycles. The molecule has 3 aromatic rings. The number of aryl methyl sites for hydroxylation is 1. The average molecular weight is 517 g/mol. The van der Waals surface area contributed by atoms with E-state index in [0.717, 1.165) is 48.6 Å². The van der Waals surface area contributed by atoms with E-state index in [2.05, 4.69) is 39.8 Å². The number of para-hydroxylation sites is 1. The second-order valence-corrected chi connectivity index (χ2v) is 12.1. The summed E-state index contributed by atoms with van der Waals surface area (Å²) < 4.78 is 20.3. The number of phenolic OH excluding ortho intramolecular Hbond substituents is 1. The number of rotatable bonds is 7. The molecular formula is C31H36N2O5. The normalized spacial score (nSPS) is 30.9. The fourth-order valence-corrected chi connectivity index (χ4v) is 8.61. The Balaban J connectivity index is 1.36. The highest BCUT2D eigenvalue weighted by Gasteiger charge is 2.73. The average Bonchev–Trinajstić information content (AvgIpc) is 3.59. The molecular weight excluding hydrogens is 480 g/mol. The number of benzene rings is 2. The molecule has 2 fully saturated rings. The van der Waals surface area contributed by atoms with Crippen LogP contribution in [0.15, 0.2) is 36.4 Å². The summed E-state index contributed by atoms with van der Waals surface area (Å²) in [4.78, 5) is 2.58. The fraction of sp³-hybridized carbons (Fsp3) is 0.548. The maximum atomic E-state index is 13.1. The van der Waals surface area contributed by atoms with Crippen LogP contribution < -0.4 is 4.74 Å². The van der Waals surface area contributed by atoms with Gasteiger partial charge in [-0.1, -0.05) is 24.3 Å². The zero-order chi connectivity index (χ0) is 25.8. The van der Waals surface area contributed by atoms with Gasteiger partial charge in [0.2, 0.25) is 0 Å². The Morgan fingerprint density at radius 3 is 2.74 bits per heavy atom. The van der Waals surface area contributed by atoms with Gasteiger partial charge >= 0.3 is 0 Å². The van der Waals surface area contributed by atoms with Crippen molar-refractivity contribution in [1.29, 1.82) is 0 Å². The molecule has 4 atom stereocenters. The van der Waals surface area contributed by atoms with Crippen molar-refractivity contribution in [3.63, 3.8) is 0 Å². The predicted octanol–water partition coefficient (Wildman–Crippen LogP) is 4.06. The molecule has 1 aromatic heterocycles. The number of fused-ring (bicyclic) bond motifs is 4. The number of aliphatic hydroxyl groups is 1. The first-order valence-electron chi connectivity index (χ1n) is 14.1. The van der Waals surface area contributed by atoms with Gasteiger partial charge in [-0.2, -0.15) is 0 Å². The van der Waals surface area contributed by atoms with Crippen molar-refractivity contribution in [1.82, 2.24) is 9.47 Å². The van der Waals surface area contributed by atoms with Crippen molar-refractivity contribution < 1.29 is 24.4 Å². The van der Waals surface area contributed by atoms with Crippen LogP contribution in [0.5, 0.6) is 11.5 Å². The third-order valence-electron chi connectivity index (χ3n) is 10.4. The minimum atomic E-state index is -0.972. The van der Waals surface area contributed by atoms with Crippen molar-refractivity contribution in [2.75, 3.05) is 27.3 Å². The standard InChI is InChI=1S/C31H36N2O5/c1-36-25(37-2)11-13-33-22-6-4-3-5-20(22)21-16-31(35)24-15-19-9-10-23(34)28-26(19)30(31,29(38-28)27(21)33)12-14-32(24)17-18-7-8-18/h3-6,9-10,18,24-25,29,34-35H,7-8,11-17H2,1-2H3/t24-,29+,30+,31-/m1/s1. The highest BCUT2D eigenvalue weighted by Crippen LogP contribution is 2.69. The molecule has 2 N–H and O–H groups in total. The second-order valence-electron chi connectivity index (χ2n) is 12.1. The summed E-state index contributed by atoms with van der Waals surface area (Å²) in [5.74, 6) is 1.52. The Bertz CT molecular complexity index is 1440. The number of ether oxygens (including phenoxy) is 3. The smallest absolute Gasteiger partial charge is 0.166 e. The first-order valence-corrected chi connectivity index (χ1v) is 14.1. The van der Waals surface area contributed by atoms with Gasteiger partial charge < -0.3 is 29.0 Å². The SMILES string of the molecule is COC(CCn1c2c(c3ccccc31)C[C@@]1(O)[C@H]3Cc4ccc(O)c5c4[C@@]1(CCN3CC1CC1)[C@H]2O5)OC. The highest BCUT2D eigenvalue weighted by atomic mass is 16.7. The van der Waals surface area contributed by atoms with Crippen LogP contribution in [-0.2, 0) is 34.3 Å². The third kappa shape index (κ3) is 2.83. The van der Waals surface area contributed by atoms with Gasteiger partial charge in [0, 0.05) is 62.7 Å². The number of hydrogen-bond donors (Lipinski definition) is 2. The van der Waals surface area contributed by atoms with Gasteiger partial charge in [0.1, 0.15) is 0 Å². The van der Waals surface area contributed by atoms with Crippen LogP contribution >= 0.6 is 0 Å². The van der Waals surface area contributed by atoms with Crippen molar-refractivity contribution in [2.24, 2.45) is 5.92 Å². The largest absolute Gasteiger partial charge is 0.504 e. The van der Waals surface area contributed by atoms with E-state index in [-0.39, 0.29) is 24.2 Å². The maximum Gasteiger partial charge on any atom is 0.166 e. The summed E-state index contributed by atoms with van der Waals surface area (Å²) in [6.45, 7) is 2.73. The van der Waals surface area contributed by atoms with E-state index in [1.165, 1.54) is 29.4 Å². The van der Waals surface area contributed by atoms with Crippen LogP contribution in [0.3, 0.4) is 0 Å². The molecule has 7 heteroatoms. The summed E-state index contributed by atoms with van der Waals surface area (Å²) >= 11 is 0. The predicted molar refractivity (Wildman–Crippen MR) is 143 cm³/mol. The number of nitrogens with zero attached hydrogens (tertiary/aromatic N) is 2. The third-order valence-corrected chi connectivity index (χ3v) is 10.4. The number of piperidine rings is 1. The van der Waals surface area contributed by atoms with Gasteiger partial charge in [-0.3, -0.25) is 4.90 Å². The second kappa shape index (κ2) is 7.98. The molecule has 2 aliphatic heterocycles. The van der Waals surface area contributed by atoms with Crippen LogP contribution in [0.1, 0.15) is 54.2 Å². The van der Waals surface area contributed by atoms with Gasteiger partial charge in [0.15, 0.2) is 23.9 Å². The topological polar surface area (TPSA) is 76.3 Å². The molecule has 0 unspecified atom stereocenters. The number of hydrogen-bond acceptors (Lipinski definition) is 6. The van der Waals surface area contributed by atoms with Crippen LogP contribution in [0, 0.1) is 5.92 Å². The van der Waals surface area contributed by atoms with E-state index in [0.29, 0.717) is 25.1 Å². The lowest BCUT2D eigenvalue weighted by Crippen LogP contribution is -2.74. The van der Waals surface area contributed by atoms with Crippen molar-refractivity contribution in [3.05, 3.63) is 58.8 Å². The van der Waals surface area contributed by atoms with E-state index in [1.54, 1.807) is 20.3 Å². The highest BCUT2D eigenvalue weighted by molar-refractivity contribution is 5.87. The number of aromatic hydroxyl groups is 1. The molecule has 2 bridgehead atoms. The van der Waals surface area contributed by atoms with E-state index >= 15 is 0 Å². The summed E-state index contributed by atoms with van der Waals surface area (Å²) in [6, 6.07) is 12.4. The van der Waals surface area contributed by atoms with E-state index < -0.39 is 11.0 Å². The Kier molecular flexibility index (Phi) is 4.90. The fourth-order valence-electron chi connectivity index (χ4n) is 8.61. The van der Waals surface area contributed by atoms with Gasteiger partial charge in [-0.05, 0) is 61.4 Å². The number of phenols is 1.